The van der Waals surface area contributed by atoms with Crippen molar-refractivity contribution in [1.82, 2.24) is 15.1 Å². The Morgan fingerprint density at radius 3 is 2.68 bits per heavy atom. The highest BCUT2D eigenvalue weighted by Gasteiger charge is 2.28. The molecule has 1 aliphatic carbocycles. The van der Waals surface area contributed by atoms with Gasteiger partial charge < -0.3 is 10.1 Å². The number of carbonyl (C=O) groups excluding carboxylic acids is 1. The van der Waals surface area contributed by atoms with Gasteiger partial charge in [-0.25, -0.2) is 9.48 Å². The van der Waals surface area contributed by atoms with Crippen LogP contribution in [0.1, 0.15) is 19.8 Å². The SMILES string of the molecule is COc1ccc(-n2ccc(NC(=O)N[C@@H](C)C3CC3)n2)cc1. The smallest absolute Gasteiger partial charge is 0.320 e. The summed E-state index contributed by atoms with van der Waals surface area (Å²) in [5, 5.41) is 10.0. The molecular weight excluding hydrogens is 280 g/mol. The molecule has 3 rings (SSSR count). The van der Waals surface area contributed by atoms with Gasteiger partial charge in [-0.3, -0.25) is 5.32 Å². The van der Waals surface area contributed by atoms with Gasteiger partial charge in [-0.05, 0) is 49.9 Å². The second kappa shape index (κ2) is 6.09. The van der Waals surface area contributed by atoms with Crippen molar-refractivity contribution in [3.63, 3.8) is 0 Å². The van der Waals surface area contributed by atoms with Crippen LogP contribution in [0.15, 0.2) is 36.5 Å². The molecule has 1 aliphatic rings. The lowest BCUT2D eigenvalue weighted by atomic mass is 10.2. The van der Waals surface area contributed by atoms with Crippen LogP contribution in [0.2, 0.25) is 0 Å². The summed E-state index contributed by atoms with van der Waals surface area (Å²) in [6.45, 7) is 2.03. The van der Waals surface area contributed by atoms with Crippen LogP contribution in [0.4, 0.5) is 10.6 Å². The van der Waals surface area contributed by atoms with Crippen molar-refractivity contribution >= 4 is 11.8 Å². The van der Waals surface area contributed by atoms with E-state index < -0.39 is 0 Å². The second-order valence-electron chi connectivity index (χ2n) is 5.57. The van der Waals surface area contributed by atoms with Gasteiger partial charge >= 0.3 is 6.03 Å². The lowest BCUT2D eigenvalue weighted by molar-refractivity contribution is 0.248. The van der Waals surface area contributed by atoms with Gasteiger partial charge in [0.1, 0.15) is 5.75 Å². The highest BCUT2D eigenvalue weighted by molar-refractivity contribution is 5.88. The Kier molecular flexibility index (Phi) is 4.00. The van der Waals surface area contributed by atoms with Gasteiger partial charge in [-0.2, -0.15) is 0 Å². The monoisotopic (exact) mass is 300 g/mol. The lowest BCUT2D eigenvalue weighted by Crippen LogP contribution is -2.37. The van der Waals surface area contributed by atoms with E-state index in [-0.39, 0.29) is 12.1 Å². The van der Waals surface area contributed by atoms with Crippen molar-refractivity contribution in [2.75, 3.05) is 12.4 Å². The number of aromatic nitrogens is 2. The third-order valence-electron chi connectivity index (χ3n) is 3.86. The highest BCUT2D eigenvalue weighted by Crippen LogP contribution is 2.32. The number of rotatable bonds is 5. The average Bonchev–Trinajstić information content (AvgIpc) is 3.28. The van der Waals surface area contributed by atoms with Crippen molar-refractivity contribution in [2.24, 2.45) is 5.92 Å². The zero-order valence-electron chi connectivity index (χ0n) is 12.7. The van der Waals surface area contributed by atoms with Crippen LogP contribution in [0, 0.1) is 5.92 Å². The molecule has 1 aromatic carbocycles. The van der Waals surface area contributed by atoms with Crippen LogP contribution in [0.3, 0.4) is 0 Å². The van der Waals surface area contributed by atoms with Crippen molar-refractivity contribution in [3.05, 3.63) is 36.5 Å². The predicted molar refractivity (Wildman–Crippen MR) is 84.5 cm³/mol. The normalized spacial score (nSPS) is 15.2. The second-order valence-corrected chi connectivity index (χ2v) is 5.57. The van der Waals surface area contributed by atoms with Gasteiger partial charge in [0.2, 0.25) is 0 Å². The van der Waals surface area contributed by atoms with E-state index in [4.69, 9.17) is 4.74 Å². The molecule has 1 aromatic heterocycles. The van der Waals surface area contributed by atoms with E-state index in [1.807, 2.05) is 37.4 Å². The number of methoxy groups -OCH3 is 1. The molecule has 1 heterocycles. The molecule has 116 valence electrons. The Morgan fingerprint density at radius 1 is 1.32 bits per heavy atom. The number of nitrogens with one attached hydrogen (secondary N) is 2. The van der Waals surface area contributed by atoms with Gasteiger partial charge in [-0.15, -0.1) is 5.10 Å². The minimum atomic E-state index is -0.209. The Labute approximate surface area is 129 Å². The topological polar surface area (TPSA) is 68.2 Å². The van der Waals surface area contributed by atoms with E-state index in [0.29, 0.717) is 11.7 Å². The number of anilines is 1. The summed E-state index contributed by atoms with van der Waals surface area (Å²) >= 11 is 0. The van der Waals surface area contributed by atoms with Crippen LogP contribution in [-0.2, 0) is 0 Å². The molecule has 22 heavy (non-hydrogen) atoms. The van der Waals surface area contributed by atoms with E-state index >= 15 is 0 Å². The quantitative estimate of drug-likeness (QED) is 0.892. The number of carbonyl (C=O) groups is 1. The third-order valence-corrected chi connectivity index (χ3v) is 3.86. The molecule has 0 saturated heterocycles. The van der Waals surface area contributed by atoms with E-state index in [2.05, 4.69) is 15.7 Å². The van der Waals surface area contributed by atoms with Crippen LogP contribution in [0.25, 0.3) is 5.69 Å². The first kappa shape index (κ1) is 14.4. The fraction of sp³-hybridized carbons (Fsp3) is 0.375. The van der Waals surface area contributed by atoms with Gasteiger partial charge in [0.15, 0.2) is 5.82 Å². The maximum Gasteiger partial charge on any atom is 0.320 e. The number of hydrogen-bond acceptors (Lipinski definition) is 3. The molecule has 6 nitrogen and oxygen atoms in total. The zero-order valence-corrected chi connectivity index (χ0v) is 12.7. The maximum atomic E-state index is 11.9. The Morgan fingerprint density at radius 2 is 2.05 bits per heavy atom. The Balaban J connectivity index is 1.61. The highest BCUT2D eigenvalue weighted by atomic mass is 16.5. The Hall–Kier alpha value is -2.50. The fourth-order valence-corrected chi connectivity index (χ4v) is 2.34. The molecule has 0 radical (unpaired) electrons. The van der Waals surface area contributed by atoms with Crippen molar-refractivity contribution < 1.29 is 9.53 Å². The van der Waals surface area contributed by atoms with E-state index in [1.54, 1.807) is 17.9 Å². The van der Waals surface area contributed by atoms with Gasteiger partial charge in [0.25, 0.3) is 0 Å². The van der Waals surface area contributed by atoms with Crippen molar-refractivity contribution in [2.45, 2.75) is 25.8 Å². The predicted octanol–water partition coefficient (Wildman–Crippen LogP) is 2.80. The summed E-state index contributed by atoms with van der Waals surface area (Å²) in [4.78, 5) is 11.9. The van der Waals surface area contributed by atoms with Crippen molar-refractivity contribution in [3.8, 4) is 11.4 Å². The summed E-state index contributed by atoms with van der Waals surface area (Å²) in [6, 6.07) is 9.33. The van der Waals surface area contributed by atoms with Gasteiger partial charge in [0.05, 0.1) is 12.8 Å². The maximum absolute atomic E-state index is 11.9. The first-order chi connectivity index (χ1) is 10.7. The first-order valence-electron chi connectivity index (χ1n) is 7.43. The number of urea groups is 1. The molecule has 0 bridgehead atoms. The fourth-order valence-electron chi connectivity index (χ4n) is 2.34. The molecule has 0 spiro atoms. The largest absolute Gasteiger partial charge is 0.497 e. The molecule has 0 unspecified atom stereocenters. The zero-order chi connectivity index (χ0) is 15.5. The Bertz CT molecular complexity index is 646. The number of hydrogen-bond donors (Lipinski definition) is 2. The summed E-state index contributed by atoms with van der Waals surface area (Å²) in [6.07, 6.45) is 4.21. The minimum absolute atomic E-state index is 0.209. The molecule has 0 aliphatic heterocycles. The first-order valence-corrected chi connectivity index (χ1v) is 7.43. The molecule has 1 atom stereocenters. The summed E-state index contributed by atoms with van der Waals surface area (Å²) in [5.74, 6) is 1.95. The molecule has 2 aromatic rings. The number of nitrogens with zero attached hydrogens (tertiary/aromatic N) is 2. The van der Waals surface area contributed by atoms with Crippen LogP contribution in [0.5, 0.6) is 5.75 Å². The number of benzene rings is 1. The van der Waals surface area contributed by atoms with Crippen LogP contribution < -0.4 is 15.4 Å². The molecule has 6 heteroatoms. The molecular formula is C16H20N4O2. The lowest BCUT2D eigenvalue weighted by Gasteiger charge is -2.12. The summed E-state index contributed by atoms with van der Waals surface area (Å²) in [7, 11) is 1.63. The number of amides is 2. The minimum Gasteiger partial charge on any atom is -0.497 e. The molecule has 2 N–H and O–H groups in total. The molecule has 1 saturated carbocycles. The van der Waals surface area contributed by atoms with Crippen LogP contribution >= 0.6 is 0 Å². The van der Waals surface area contributed by atoms with Gasteiger partial charge in [0, 0.05) is 18.3 Å². The molecule has 1 fully saturated rings. The van der Waals surface area contributed by atoms with Crippen LogP contribution in [-0.4, -0.2) is 29.0 Å². The third kappa shape index (κ3) is 3.39. The number of ether oxygens (including phenoxy) is 1. The van der Waals surface area contributed by atoms with E-state index in [0.717, 1.165) is 11.4 Å². The van der Waals surface area contributed by atoms with Gasteiger partial charge in [-0.1, -0.05) is 0 Å². The van der Waals surface area contributed by atoms with Crippen molar-refractivity contribution in [1.29, 1.82) is 0 Å². The van der Waals surface area contributed by atoms with E-state index in [9.17, 15) is 4.79 Å². The molecule has 2 amide bonds. The average molecular weight is 300 g/mol. The summed E-state index contributed by atoms with van der Waals surface area (Å²) < 4.78 is 6.84. The van der Waals surface area contributed by atoms with E-state index in [1.165, 1.54) is 12.8 Å². The standard InChI is InChI=1S/C16H20N4O2/c1-11(12-3-4-12)17-16(21)18-15-9-10-20(19-15)13-5-7-14(22-2)8-6-13/h5-12H,3-4H2,1-2H3,(H2,17,18,19,21)/t11-/m0/s1. The summed E-state index contributed by atoms with van der Waals surface area (Å²) in [5.41, 5.74) is 0.903.